The molecular formula is C13H19NO. The fourth-order valence-corrected chi connectivity index (χ4v) is 2.09. The fraction of sp³-hybridized carbons (Fsp3) is 0.538. The summed E-state index contributed by atoms with van der Waals surface area (Å²) in [7, 11) is 0. The van der Waals surface area contributed by atoms with E-state index in [1.54, 1.807) is 0 Å². The Kier molecular flexibility index (Phi) is 3.62. The van der Waals surface area contributed by atoms with Gasteiger partial charge in [0.05, 0.1) is 6.10 Å². The monoisotopic (exact) mass is 205 g/mol. The molecule has 2 rings (SSSR count). The molecule has 1 aromatic rings. The predicted molar refractivity (Wildman–Crippen MR) is 62.1 cm³/mol. The molecule has 82 valence electrons. The van der Waals surface area contributed by atoms with Crippen LogP contribution in [0.1, 0.15) is 19.8 Å². The van der Waals surface area contributed by atoms with E-state index in [1.807, 2.05) is 30.3 Å². The number of hydrogen-bond acceptors (Lipinski definition) is 2. The maximum atomic E-state index is 5.91. The summed E-state index contributed by atoms with van der Waals surface area (Å²) in [4.78, 5) is 0. The van der Waals surface area contributed by atoms with Crippen molar-refractivity contribution in [1.29, 1.82) is 0 Å². The molecule has 1 aromatic carbocycles. The molecule has 0 amide bonds. The van der Waals surface area contributed by atoms with Gasteiger partial charge in [-0.2, -0.15) is 0 Å². The minimum Gasteiger partial charge on any atom is -0.490 e. The highest BCUT2D eigenvalue weighted by Crippen LogP contribution is 2.19. The van der Waals surface area contributed by atoms with Gasteiger partial charge in [0.1, 0.15) is 5.75 Å². The summed E-state index contributed by atoms with van der Waals surface area (Å²) < 4.78 is 5.91. The second-order valence-corrected chi connectivity index (χ2v) is 4.24. The Labute approximate surface area is 91.6 Å². The smallest absolute Gasteiger partial charge is 0.119 e. The molecule has 0 aliphatic carbocycles. The molecule has 2 atom stereocenters. The van der Waals surface area contributed by atoms with E-state index in [1.165, 1.54) is 12.8 Å². The average molecular weight is 205 g/mol. The Hall–Kier alpha value is -1.02. The van der Waals surface area contributed by atoms with Gasteiger partial charge in [0.15, 0.2) is 0 Å². The third kappa shape index (κ3) is 2.96. The van der Waals surface area contributed by atoms with Crippen molar-refractivity contribution in [2.24, 2.45) is 5.92 Å². The van der Waals surface area contributed by atoms with E-state index in [9.17, 15) is 0 Å². The fourth-order valence-electron chi connectivity index (χ4n) is 2.09. The molecule has 15 heavy (non-hydrogen) atoms. The second-order valence-electron chi connectivity index (χ2n) is 4.24. The summed E-state index contributed by atoms with van der Waals surface area (Å²) >= 11 is 0. The van der Waals surface area contributed by atoms with Crippen molar-refractivity contribution in [2.45, 2.75) is 25.9 Å². The first-order chi connectivity index (χ1) is 7.36. The van der Waals surface area contributed by atoms with Gasteiger partial charge < -0.3 is 10.1 Å². The highest BCUT2D eigenvalue weighted by Gasteiger charge is 2.20. The minimum atomic E-state index is 0.306. The van der Waals surface area contributed by atoms with Crippen LogP contribution in [-0.2, 0) is 0 Å². The summed E-state index contributed by atoms with van der Waals surface area (Å²) in [5.41, 5.74) is 0. The van der Waals surface area contributed by atoms with E-state index in [4.69, 9.17) is 4.74 Å². The maximum absolute atomic E-state index is 5.91. The molecule has 1 heterocycles. The van der Waals surface area contributed by atoms with Gasteiger partial charge in [0, 0.05) is 12.5 Å². The lowest BCUT2D eigenvalue weighted by molar-refractivity contribution is 0.131. The number of nitrogens with one attached hydrogen (secondary N) is 1. The SMILES string of the molecule is CC(Oc1ccccc1)C1CCCNC1. The Morgan fingerprint density at radius 1 is 1.33 bits per heavy atom. The summed E-state index contributed by atoms with van der Waals surface area (Å²) in [6.07, 6.45) is 2.86. The van der Waals surface area contributed by atoms with Gasteiger partial charge in [-0.15, -0.1) is 0 Å². The zero-order valence-corrected chi connectivity index (χ0v) is 9.28. The van der Waals surface area contributed by atoms with Crippen LogP contribution < -0.4 is 10.1 Å². The van der Waals surface area contributed by atoms with Crippen molar-refractivity contribution in [3.8, 4) is 5.75 Å². The van der Waals surface area contributed by atoms with Gasteiger partial charge in [-0.1, -0.05) is 18.2 Å². The van der Waals surface area contributed by atoms with Crippen LogP contribution >= 0.6 is 0 Å². The Balaban J connectivity index is 1.88. The first-order valence-corrected chi connectivity index (χ1v) is 5.78. The van der Waals surface area contributed by atoms with E-state index >= 15 is 0 Å². The predicted octanol–water partition coefficient (Wildman–Crippen LogP) is 2.45. The van der Waals surface area contributed by atoms with Crippen LogP contribution in [0.15, 0.2) is 30.3 Å². The van der Waals surface area contributed by atoms with Gasteiger partial charge in [-0.3, -0.25) is 0 Å². The summed E-state index contributed by atoms with van der Waals surface area (Å²) in [5.74, 6) is 1.63. The van der Waals surface area contributed by atoms with E-state index in [-0.39, 0.29) is 0 Å². The van der Waals surface area contributed by atoms with Crippen molar-refractivity contribution in [3.05, 3.63) is 30.3 Å². The number of piperidine rings is 1. The Bertz CT molecular complexity index is 280. The lowest BCUT2D eigenvalue weighted by Crippen LogP contribution is -2.37. The molecule has 1 N–H and O–H groups in total. The van der Waals surface area contributed by atoms with Crippen molar-refractivity contribution in [3.63, 3.8) is 0 Å². The third-order valence-electron chi connectivity index (χ3n) is 3.06. The van der Waals surface area contributed by atoms with Crippen LogP contribution in [0.3, 0.4) is 0 Å². The molecule has 0 saturated carbocycles. The van der Waals surface area contributed by atoms with Crippen molar-refractivity contribution in [1.82, 2.24) is 5.32 Å². The van der Waals surface area contributed by atoms with Crippen LogP contribution in [-0.4, -0.2) is 19.2 Å². The van der Waals surface area contributed by atoms with Crippen LogP contribution in [0, 0.1) is 5.92 Å². The molecule has 2 unspecified atom stereocenters. The maximum Gasteiger partial charge on any atom is 0.119 e. The number of benzene rings is 1. The molecule has 0 spiro atoms. The topological polar surface area (TPSA) is 21.3 Å². The minimum absolute atomic E-state index is 0.306. The lowest BCUT2D eigenvalue weighted by atomic mass is 9.95. The van der Waals surface area contributed by atoms with Gasteiger partial charge in [0.2, 0.25) is 0 Å². The zero-order valence-electron chi connectivity index (χ0n) is 9.28. The van der Waals surface area contributed by atoms with E-state index in [0.717, 1.165) is 18.8 Å². The number of hydrogen-bond donors (Lipinski definition) is 1. The first kappa shape index (κ1) is 10.5. The molecule has 1 fully saturated rings. The molecule has 0 radical (unpaired) electrons. The third-order valence-corrected chi connectivity index (χ3v) is 3.06. The van der Waals surface area contributed by atoms with Crippen molar-refractivity contribution < 1.29 is 4.74 Å². The van der Waals surface area contributed by atoms with E-state index in [0.29, 0.717) is 12.0 Å². The molecule has 1 saturated heterocycles. The molecule has 0 aromatic heterocycles. The molecule has 1 aliphatic heterocycles. The number of rotatable bonds is 3. The first-order valence-electron chi connectivity index (χ1n) is 5.78. The van der Waals surface area contributed by atoms with Crippen molar-refractivity contribution >= 4 is 0 Å². The Morgan fingerprint density at radius 2 is 2.13 bits per heavy atom. The average Bonchev–Trinajstić information content (AvgIpc) is 2.31. The number of para-hydroxylation sites is 1. The molecule has 2 heteroatoms. The molecule has 0 bridgehead atoms. The quantitative estimate of drug-likeness (QED) is 0.818. The standard InChI is InChI=1S/C13H19NO/c1-11(12-6-5-9-14-10-12)15-13-7-3-2-4-8-13/h2-4,7-8,11-12,14H,5-6,9-10H2,1H3. The zero-order chi connectivity index (χ0) is 10.5. The normalized spacial score (nSPS) is 23.4. The van der Waals surface area contributed by atoms with Crippen LogP contribution in [0.25, 0.3) is 0 Å². The summed E-state index contributed by atoms with van der Waals surface area (Å²) in [6, 6.07) is 10.1. The highest BCUT2D eigenvalue weighted by atomic mass is 16.5. The number of ether oxygens (including phenoxy) is 1. The van der Waals surface area contributed by atoms with Crippen LogP contribution in [0.4, 0.5) is 0 Å². The van der Waals surface area contributed by atoms with Gasteiger partial charge in [0.25, 0.3) is 0 Å². The van der Waals surface area contributed by atoms with Gasteiger partial charge >= 0.3 is 0 Å². The van der Waals surface area contributed by atoms with E-state index < -0.39 is 0 Å². The van der Waals surface area contributed by atoms with Crippen LogP contribution in [0.2, 0.25) is 0 Å². The molecule has 1 aliphatic rings. The van der Waals surface area contributed by atoms with Gasteiger partial charge in [-0.05, 0) is 38.4 Å². The van der Waals surface area contributed by atoms with E-state index in [2.05, 4.69) is 12.2 Å². The highest BCUT2D eigenvalue weighted by molar-refractivity contribution is 5.21. The second kappa shape index (κ2) is 5.17. The lowest BCUT2D eigenvalue weighted by Gasteiger charge is -2.28. The van der Waals surface area contributed by atoms with Gasteiger partial charge in [-0.25, -0.2) is 0 Å². The van der Waals surface area contributed by atoms with Crippen molar-refractivity contribution in [2.75, 3.05) is 13.1 Å². The molecular weight excluding hydrogens is 186 g/mol. The summed E-state index contributed by atoms with van der Waals surface area (Å²) in [5, 5.41) is 3.42. The van der Waals surface area contributed by atoms with Crippen LogP contribution in [0.5, 0.6) is 5.75 Å². The summed E-state index contributed by atoms with van der Waals surface area (Å²) in [6.45, 7) is 4.42. The Morgan fingerprint density at radius 3 is 2.80 bits per heavy atom. The molecule has 2 nitrogen and oxygen atoms in total. The largest absolute Gasteiger partial charge is 0.490 e.